The predicted octanol–water partition coefficient (Wildman–Crippen LogP) is 2.20. The van der Waals surface area contributed by atoms with Crippen LogP contribution in [0, 0.1) is 23.1 Å². The molecule has 0 aromatic heterocycles. The first-order valence-electron chi connectivity index (χ1n) is 6.45. The standard InChI is InChI=1S/C14H16FN3/c15-12-1-2-13(11(7-12)8-16)17-14-4-6-18-5-3-10(14)9-18/h1-2,7,10,14,17H,3-6,9H2. The summed E-state index contributed by atoms with van der Waals surface area (Å²) in [6.07, 6.45) is 2.33. The Morgan fingerprint density at radius 1 is 1.33 bits per heavy atom. The van der Waals surface area contributed by atoms with E-state index in [4.69, 9.17) is 5.26 Å². The summed E-state index contributed by atoms with van der Waals surface area (Å²) in [5.41, 5.74) is 1.17. The van der Waals surface area contributed by atoms with Crippen LogP contribution in [0.1, 0.15) is 18.4 Å². The minimum absolute atomic E-state index is 0.354. The molecule has 3 rings (SSSR count). The fourth-order valence-corrected chi connectivity index (χ4v) is 3.08. The number of fused-ring (bicyclic) bond motifs is 2. The van der Waals surface area contributed by atoms with Gasteiger partial charge in [-0.1, -0.05) is 0 Å². The van der Waals surface area contributed by atoms with Crippen LogP contribution in [0.15, 0.2) is 18.2 Å². The van der Waals surface area contributed by atoms with Gasteiger partial charge in [0, 0.05) is 19.1 Å². The van der Waals surface area contributed by atoms with Crippen molar-refractivity contribution in [3.63, 3.8) is 0 Å². The summed E-state index contributed by atoms with van der Waals surface area (Å²) < 4.78 is 13.1. The van der Waals surface area contributed by atoms with Crippen LogP contribution in [0.4, 0.5) is 10.1 Å². The van der Waals surface area contributed by atoms with Crippen molar-refractivity contribution in [2.24, 2.45) is 5.92 Å². The van der Waals surface area contributed by atoms with Crippen LogP contribution in [0.2, 0.25) is 0 Å². The van der Waals surface area contributed by atoms with E-state index in [1.165, 1.54) is 25.1 Å². The lowest BCUT2D eigenvalue weighted by Gasteiger charge is -2.31. The molecular weight excluding hydrogens is 229 g/mol. The fraction of sp³-hybridized carbons (Fsp3) is 0.500. The highest BCUT2D eigenvalue weighted by Crippen LogP contribution is 2.30. The summed E-state index contributed by atoms with van der Waals surface area (Å²) in [5, 5.41) is 12.5. The normalized spacial score (nSPS) is 29.9. The maximum atomic E-state index is 13.1. The molecule has 1 aromatic rings. The molecule has 2 aliphatic heterocycles. The van der Waals surface area contributed by atoms with Gasteiger partial charge in [-0.15, -0.1) is 0 Å². The van der Waals surface area contributed by atoms with Gasteiger partial charge >= 0.3 is 0 Å². The third-order valence-electron chi connectivity index (χ3n) is 4.08. The van der Waals surface area contributed by atoms with Crippen LogP contribution in [0.25, 0.3) is 0 Å². The van der Waals surface area contributed by atoms with Gasteiger partial charge < -0.3 is 10.2 Å². The van der Waals surface area contributed by atoms with Crippen LogP contribution in [0.5, 0.6) is 0 Å². The van der Waals surface area contributed by atoms with E-state index in [0.29, 0.717) is 17.5 Å². The number of hydrogen-bond donors (Lipinski definition) is 1. The smallest absolute Gasteiger partial charge is 0.124 e. The molecule has 2 heterocycles. The molecule has 2 bridgehead atoms. The molecule has 3 nitrogen and oxygen atoms in total. The maximum absolute atomic E-state index is 13.1. The highest BCUT2D eigenvalue weighted by atomic mass is 19.1. The number of halogens is 1. The van der Waals surface area contributed by atoms with Gasteiger partial charge in [-0.05, 0) is 43.5 Å². The minimum Gasteiger partial charge on any atom is -0.381 e. The van der Waals surface area contributed by atoms with Crippen molar-refractivity contribution in [1.82, 2.24) is 4.90 Å². The van der Waals surface area contributed by atoms with Crippen LogP contribution in [-0.4, -0.2) is 30.6 Å². The number of benzene rings is 1. The minimum atomic E-state index is -0.354. The van der Waals surface area contributed by atoms with Crippen molar-refractivity contribution in [1.29, 1.82) is 5.26 Å². The maximum Gasteiger partial charge on any atom is 0.124 e. The predicted molar refractivity (Wildman–Crippen MR) is 67.7 cm³/mol. The Balaban J connectivity index is 1.78. The number of rotatable bonds is 2. The van der Waals surface area contributed by atoms with Crippen molar-refractivity contribution in [3.05, 3.63) is 29.6 Å². The largest absolute Gasteiger partial charge is 0.381 e. The van der Waals surface area contributed by atoms with E-state index in [2.05, 4.69) is 16.3 Å². The van der Waals surface area contributed by atoms with E-state index in [-0.39, 0.29) is 5.82 Å². The lowest BCUT2D eigenvalue weighted by Crippen LogP contribution is -2.39. The summed E-state index contributed by atoms with van der Waals surface area (Å²) in [7, 11) is 0. The third-order valence-corrected chi connectivity index (χ3v) is 4.08. The molecule has 2 fully saturated rings. The van der Waals surface area contributed by atoms with Gasteiger partial charge in [-0.2, -0.15) is 5.26 Å². The topological polar surface area (TPSA) is 39.1 Å². The molecule has 3 atom stereocenters. The van der Waals surface area contributed by atoms with Gasteiger partial charge in [0.15, 0.2) is 0 Å². The Morgan fingerprint density at radius 3 is 3.00 bits per heavy atom. The Hall–Kier alpha value is -1.60. The second kappa shape index (κ2) is 4.58. The molecule has 2 saturated heterocycles. The fourth-order valence-electron chi connectivity index (χ4n) is 3.08. The number of hydrogen-bond acceptors (Lipinski definition) is 3. The van der Waals surface area contributed by atoms with Crippen LogP contribution < -0.4 is 5.32 Å². The van der Waals surface area contributed by atoms with E-state index in [1.807, 2.05) is 0 Å². The summed E-state index contributed by atoms with van der Waals surface area (Å²) in [4.78, 5) is 2.48. The zero-order valence-electron chi connectivity index (χ0n) is 10.2. The highest BCUT2D eigenvalue weighted by Gasteiger charge is 2.34. The molecule has 0 aliphatic carbocycles. The van der Waals surface area contributed by atoms with Crippen LogP contribution >= 0.6 is 0 Å². The third kappa shape index (κ3) is 2.06. The van der Waals surface area contributed by atoms with Gasteiger partial charge in [0.1, 0.15) is 11.9 Å². The Bertz CT molecular complexity index is 494. The number of nitriles is 1. The molecule has 1 aromatic carbocycles. The van der Waals surface area contributed by atoms with Crippen LogP contribution in [0.3, 0.4) is 0 Å². The van der Waals surface area contributed by atoms with E-state index < -0.39 is 0 Å². The van der Waals surface area contributed by atoms with E-state index in [0.717, 1.165) is 25.2 Å². The monoisotopic (exact) mass is 245 g/mol. The van der Waals surface area contributed by atoms with Crippen molar-refractivity contribution in [2.45, 2.75) is 18.9 Å². The summed E-state index contributed by atoms with van der Waals surface area (Å²) >= 11 is 0. The van der Waals surface area contributed by atoms with Crippen molar-refractivity contribution >= 4 is 5.69 Å². The molecular formula is C14H16FN3. The van der Waals surface area contributed by atoms with Crippen molar-refractivity contribution in [2.75, 3.05) is 25.0 Å². The molecule has 4 heteroatoms. The van der Waals surface area contributed by atoms with Gasteiger partial charge in [-0.3, -0.25) is 0 Å². The zero-order chi connectivity index (χ0) is 12.5. The molecule has 18 heavy (non-hydrogen) atoms. The van der Waals surface area contributed by atoms with Gasteiger partial charge in [0.25, 0.3) is 0 Å². The first-order valence-corrected chi connectivity index (χ1v) is 6.45. The van der Waals surface area contributed by atoms with Crippen LogP contribution in [-0.2, 0) is 0 Å². The first-order chi connectivity index (χ1) is 8.76. The Kier molecular flexibility index (Phi) is 2.92. The quantitative estimate of drug-likeness (QED) is 0.868. The molecule has 0 amide bonds. The number of piperidine rings is 1. The molecule has 0 radical (unpaired) electrons. The lowest BCUT2D eigenvalue weighted by atomic mass is 9.93. The van der Waals surface area contributed by atoms with E-state index in [1.54, 1.807) is 6.07 Å². The average molecular weight is 245 g/mol. The van der Waals surface area contributed by atoms with E-state index >= 15 is 0 Å². The molecule has 1 N–H and O–H groups in total. The lowest BCUT2D eigenvalue weighted by molar-refractivity contribution is 0.255. The SMILES string of the molecule is N#Cc1cc(F)ccc1NC1CCN2CCC1C2. The van der Waals surface area contributed by atoms with E-state index in [9.17, 15) is 4.39 Å². The molecule has 94 valence electrons. The second-order valence-corrected chi connectivity index (χ2v) is 5.19. The van der Waals surface area contributed by atoms with Gasteiger partial charge in [-0.25, -0.2) is 4.39 Å². The Morgan fingerprint density at radius 2 is 2.17 bits per heavy atom. The second-order valence-electron chi connectivity index (χ2n) is 5.19. The molecule has 2 aliphatic rings. The number of nitrogens with zero attached hydrogens (tertiary/aromatic N) is 2. The number of anilines is 1. The average Bonchev–Trinajstić information content (AvgIpc) is 2.77. The molecule has 0 saturated carbocycles. The zero-order valence-corrected chi connectivity index (χ0v) is 10.2. The van der Waals surface area contributed by atoms with Crippen molar-refractivity contribution < 1.29 is 4.39 Å². The highest BCUT2D eigenvalue weighted by molar-refractivity contribution is 5.58. The molecule has 3 unspecified atom stereocenters. The first kappa shape index (κ1) is 11.5. The summed E-state index contributed by atoms with van der Waals surface area (Å²) in [5.74, 6) is 0.308. The molecule has 0 spiro atoms. The number of nitrogens with one attached hydrogen (secondary N) is 1. The van der Waals surface area contributed by atoms with Crippen molar-refractivity contribution in [3.8, 4) is 6.07 Å². The Labute approximate surface area is 106 Å². The summed E-state index contributed by atoms with van der Waals surface area (Å²) in [6.45, 7) is 3.47. The van der Waals surface area contributed by atoms with Gasteiger partial charge in [0.05, 0.1) is 11.3 Å². The summed E-state index contributed by atoms with van der Waals surface area (Å²) in [6, 6.07) is 6.86. The van der Waals surface area contributed by atoms with Gasteiger partial charge in [0.2, 0.25) is 0 Å².